The van der Waals surface area contributed by atoms with E-state index < -0.39 is 78.1 Å². The lowest BCUT2D eigenvalue weighted by Crippen LogP contribution is -2.59. The number of hydrogen-bond donors (Lipinski definition) is 8. The molecular formula is C29H44N6O9. The van der Waals surface area contributed by atoms with Gasteiger partial charge in [-0.25, -0.2) is 4.79 Å². The van der Waals surface area contributed by atoms with Gasteiger partial charge >= 0.3 is 11.9 Å². The predicted octanol–water partition coefficient (Wildman–Crippen LogP) is -0.977. The van der Waals surface area contributed by atoms with Gasteiger partial charge in [-0.1, -0.05) is 58.0 Å². The number of nitrogens with two attached hydrogens (primary N) is 2. The number of hydrogen-bond acceptors (Lipinski definition) is 8. The highest BCUT2D eigenvalue weighted by Crippen LogP contribution is 2.10. The molecule has 1 aromatic rings. The Kier molecular flexibility index (Phi) is 15.5. The van der Waals surface area contributed by atoms with E-state index in [-0.39, 0.29) is 37.5 Å². The molecule has 0 aromatic heterocycles. The molecule has 5 amide bonds. The van der Waals surface area contributed by atoms with Crippen molar-refractivity contribution in [3.05, 3.63) is 35.9 Å². The zero-order chi connectivity index (χ0) is 33.6. The minimum absolute atomic E-state index is 0.0270. The molecule has 0 heterocycles. The number of benzene rings is 1. The van der Waals surface area contributed by atoms with Crippen LogP contribution in [0.5, 0.6) is 0 Å². The van der Waals surface area contributed by atoms with Gasteiger partial charge in [0.25, 0.3) is 0 Å². The summed E-state index contributed by atoms with van der Waals surface area (Å²) in [4.78, 5) is 87.0. The molecule has 0 spiro atoms. The van der Waals surface area contributed by atoms with Crippen LogP contribution in [0.4, 0.5) is 0 Å². The van der Waals surface area contributed by atoms with Gasteiger partial charge in [0.05, 0.1) is 12.5 Å². The Morgan fingerprint density at radius 1 is 0.727 bits per heavy atom. The third-order valence-corrected chi connectivity index (χ3v) is 6.58. The van der Waals surface area contributed by atoms with Crippen LogP contribution in [0.3, 0.4) is 0 Å². The quantitative estimate of drug-likeness (QED) is 0.0937. The highest BCUT2D eigenvalue weighted by molar-refractivity contribution is 5.97. The fraction of sp³-hybridized carbons (Fsp3) is 0.552. The molecule has 0 saturated heterocycles. The number of carbonyl (C=O) groups is 7. The number of carboxylic acid groups (broad SMARTS) is 2. The Balaban J connectivity index is 3.16. The first-order valence-corrected chi connectivity index (χ1v) is 14.3. The number of amides is 5. The summed E-state index contributed by atoms with van der Waals surface area (Å²) in [6.07, 6.45) is -1.42. The van der Waals surface area contributed by atoms with Gasteiger partial charge in [-0.15, -0.1) is 0 Å². The van der Waals surface area contributed by atoms with E-state index in [9.17, 15) is 43.8 Å². The van der Waals surface area contributed by atoms with Gasteiger partial charge in [-0.3, -0.25) is 28.8 Å². The largest absolute Gasteiger partial charge is 0.481 e. The Bertz CT molecular complexity index is 1180. The summed E-state index contributed by atoms with van der Waals surface area (Å²) in [5.74, 6) is -7.50. The molecule has 5 atom stereocenters. The van der Waals surface area contributed by atoms with Crippen LogP contribution in [0, 0.1) is 11.8 Å². The lowest BCUT2D eigenvalue weighted by molar-refractivity contribution is -0.143. The smallest absolute Gasteiger partial charge is 0.326 e. The molecule has 0 radical (unpaired) electrons. The maximum atomic E-state index is 13.3. The van der Waals surface area contributed by atoms with E-state index in [0.29, 0.717) is 5.56 Å². The first-order valence-electron chi connectivity index (χ1n) is 14.3. The van der Waals surface area contributed by atoms with Crippen molar-refractivity contribution in [3.8, 4) is 0 Å². The first-order chi connectivity index (χ1) is 20.5. The maximum Gasteiger partial charge on any atom is 0.326 e. The lowest BCUT2D eigenvalue weighted by atomic mass is 10.0. The van der Waals surface area contributed by atoms with E-state index in [2.05, 4.69) is 21.3 Å². The Morgan fingerprint density at radius 3 is 1.73 bits per heavy atom. The molecule has 244 valence electrons. The summed E-state index contributed by atoms with van der Waals surface area (Å²) in [6, 6.07) is 1.92. The normalized spacial score (nSPS) is 14.4. The van der Waals surface area contributed by atoms with Gasteiger partial charge in [-0.05, 0) is 30.2 Å². The molecule has 0 aliphatic carbocycles. The summed E-state index contributed by atoms with van der Waals surface area (Å²) in [5.41, 5.74) is 11.7. The predicted molar refractivity (Wildman–Crippen MR) is 158 cm³/mol. The molecule has 10 N–H and O–H groups in total. The minimum Gasteiger partial charge on any atom is -0.481 e. The Morgan fingerprint density at radius 2 is 1.23 bits per heavy atom. The van der Waals surface area contributed by atoms with Crippen LogP contribution in [0.15, 0.2) is 30.3 Å². The topological polar surface area (TPSA) is 260 Å². The molecule has 0 unspecified atom stereocenters. The highest BCUT2D eigenvalue weighted by atomic mass is 16.4. The van der Waals surface area contributed by atoms with Crippen molar-refractivity contribution in [3.63, 3.8) is 0 Å². The van der Waals surface area contributed by atoms with Crippen molar-refractivity contribution in [2.45, 2.75) is 90.0 Å². The van der Waals surface area contributed by atoms with E-state index in [0.717, 1.165) is 0 Å². The third-order valence-electron chi connectivity index (χ3n) is 6.58. The molecule has 44 heavy (non-hydrogen) atoms. The van der Waals surface area contributed by atoms with E-state index >= 15 is 0 Å². The average molecular weight is 621 g/mol. The van der Waals surface area contributed by atoms with Crippen molar-refractivity contribution in [1.82, 2.24) is 21.3 Å². The maximum absolute atomic E-state index is 13.3. The Labute approximate surface area is 255 Å². The van der Waals surface area contributed by atoms with Crippen molar-refractivity contribution in [2.24, 2.45) is 23.3 Å². The summed E-state index contributed by atoms with van der Waals surface area (Å²) in [5, 5.41) is 28.6. The molecule has 15 heteroatoms. The van der Waals surface area contributed by atoms with E-state index in [4.69, 9.17) is 11.5 Å². The fourth-order valence-electron chi connectivity index (χ4n) is 4.08. The van der Waals surface area contributed by atoms with E-state index in [1.807, 2.05) is 0 Å². The number of carboxylic acids is 2. The molecule has 0 fully saturated rings. The van der Waals surface area contributed by atoms with Crippen LogP contribution in [0.1, 0.15) is 58.9 Å². The van der Waals surface area contributed by atoms with Gasteiger partial charge in [0, 0.05) is 12.8 Å². The number of primary amides is 1. The summed E-state index contributed by atoms with van der Waals surface area (Å²) in [7, 11) is 0. The molecule has 0 aliphatic heterocycles. The van der Waals surface area contributed by atoms with Gasteiger partial charge in [0.15, 0.2) is 0 Å². The van der Waals surface area contributed by atoms with Gasteiger partial charge in [-0.2, -0.15) is 0 Å². The first kappa shape index (κ1) is 37.5. The van der Waals surface area contributed by atoms with Gasteiger partial charge < -0.3 is 42.9 Å². The zero-order valence-corrected chi connectivity index (χ0v) is 25.4. The molecule has 0 aliphatic rings. The van der Waals surface area contributed by atoms with Crippen LogP contribution in [0.2, 0.25) is 0 Å². The van der Waals surface area contributed by atoms with Crippen LogP contribution >= 0.6 is 0 Å². The van der Waals surface area contributed by atoms with Crippen molar-refractivity contribution >= 4 is 41.5 Å². The monoisotopic (exact) mass is 620 g/mol. The summed E-state index contributed by atoms with van der Waals surface area (Å²) < 4.78 is 0. The van der Waals surface area contributed by atoms with E-state index in [1.54, 1.807) is 58.0 Å². The number of rotatable bonds is 19. The van der Waals surface area contributed by atoms with Crippen LogP contribution < -0.4 is 32.7 Å². The average Bonchev–Trinajstić information content (AvgIpc) is 2.93. The Hall–Kier alpha value is -4.53. The second kappa shape index (κ2) is 18.2. The summed E-state index contributed by atoms with van der Waals surface area (Å²) in [6.45, 7) is 6.88. The molecule has 0 bridgehead atoms. The molecule has 1 rings (SSSR count). The molecule has 15 nitrogen and oxygen atoms in total. The molecule has 0 saturated carbocycles. The molecule has 1 aromatic carbocycles. The standard InChI is InChI=1S/C29H44N6O9/c1-15(2)12-19(26(40)35-21(29(43)44)13-17-8-6-5-7-9-17)33-27(41)20(14-23(37)38)34-25(39)18(10-11-22(30)36)32-28(42)24(31)16(3)4/h5-9,15-16,18-21,24H,10-14,31H2,1-4H3,(H2,30,36)(H,32,42)(H,33,41)(H,34,39)(H,35,40)(H,37,38)(H,43,44)/t18-,19-,20-,21-,24-/m0/s1. The summed E-state index contributed by atoms with van der Waals surface area (Å²) >= 11 is 0. The fourth-order valence-corrected chi connectivity index (χ4v) is 4.08. The second-order valence-electron chi connectivity index (χ2n) is 11.3. The molecular weight excluding hydrogens is 576 g/mol. The van der Waals surface area contributed by atoms with Crippen molar-refractivity contribution < 1.29 is 43.8 Å². The highest BCUT2D eigenvalue weighted by Gasteiger charge is 2.33. The van der Waals surface area contributed by atoms with E-state index in [1.165, 1.54) is 0 Å². The van der Waals surface area contributed by atoms with Crippen LogP contribution in [-0.4, -0.2) is 81.9 Å². The second-order valence-corrected chi connectivity index (χ2v) is 11.3. The number of carbonyl (C=O) groups excluding carboxylic acids is 5. The third kappa shape index (κ3) is 13.6. The van der Waals surface area contributed by atoms with Crippen LogP contribution in [-0.2, 0) is 40.0 Å². The lowest BCUT2D eigenvalue weighted by Gasteiger charge is -2.27. The zero-order valence-electron chi connectivity index (χ0n) is 25.4. The number of nitrogens with one attached hydrogen (secondary N) is 4. The SMILES string of the molecule is CC(C)C[C@H](NC(=O)[C@H](CC(=O)O)NC(=O)[C@H](CCC(N)=O)NC(=O)[C@@H](N)C(C)C)C(=O)N[C@@H](Cc1ccccc1)C(=O)O. The minimum atomic E-state index is -1.70. The van der Waals surface area contributed by atoms with Crippen molar-refractivity contribution in [1.29, 1.82) is 0 Å². The van der Waals surface area contributed by atoms with Gasteiger partial charge in [0.1, 0.15) is 24.2 Å². The van der Waals surface area contributed by atoms with Gasteiger partial charge in [0.2, 0.25) is 29.5 Å². The number of aliphatic carboxylic acids is 2. The van der Waals surface area contributed by atoms with Crippen LogP contribution in [0.25, 0.3) is 0 Å². The van der Waals surface area contributed by atoms with Crippen molar-refractivity contribution in [2.75, 3.05) is 0 Å².